The number of quaternary nitrogens is 1. The minimum absolute atomic E-state index is 0.0259. The van der Waals surface area contributed by atoms with Crippen LogP contribution in [0.4, 0.5) is 13.2 Å². The van der Waals surface area contributed by atoms with Crippen molar-refractivity contribution >= 4 is 5.91 Å². The van der Waals surface area contributed by atoms with Gasteiger partial charge in [-0.25, -0.2) is 0 Å². The van der Waals surface area contributed by atoms with E-state index in [1.807, 2.05) is 12.1 Å². The lowest BCUT2D eigenvalue weighted by Gasteiger charge is -2.23. The van der Waals surface area contributed by atoms with Crippen LogP contribution >= 0.6 is 0 Å². The van der Waals surface area contributed by atoms with Crippen molar-refractivity contribution in [2.45, 2.75) is 31.5 Å². The Morgan fingerprint density at radius 1 is 1.19 bits per heavy atom. The summed E-state index contributed by atoms with van der Waals surface area (Å²) in [7, 11) is 0. The van der Waals surface area contributed by atoms with Crippen LogP contribution in [0.3, 0.4) is 0 Å². The maximum Gasteiger partial charge on any atom is 0.416 e. The van der Waals surface area contributed by atoms with Crippen LogP contribution in [0.5, 0.6) is 0 Å². The first kappa shape index (κ1) is 18.5. The Morgan fingerprint density at radius 2 is 1.96 bits per heavy atom. The number of rotatable bonds is 6. The van der Waals surface area contributed by atoms with Gasteiger partial charge >= 0.3 is 6.18 Å². The van der Waals surface area contributed by atoms with Gasteiger partial charge in [0.1, 0.15) is 0 Å². The molecule has 1 aromatic carbocycles. The van der Waals surface area contributed by atoms with Gasteiger partial charge in [0.2, 0.25) is 5.91 Å². The minimum Gasteiger partial charge on any atom is -0.463 e. The molecule has 0 bridgehead atoms. The first-order chi connectivity index (χ1) is 12.4. The zero-order chi connectivity index (χ0) is 18.6. The zero-order valence-electron chi connectivity index (χ0n) is 14.3. The Bertz CT molecular complexity index is 723. The summed E-state index contributed by atoms with van der Waals surface area (Å²) in [5.74, 6) is 0.528. The number of hydrogen-bond donors (Lipinski definition) is 2. The number of halogens is 3. The van der Waals surface area contributed by atoms with E-state index in [1.165, 1.54) is 17.0 Å². The molecule has 2 aromatic rings. The molecule has 0 radical (unpaired) electrons. The van der Waals surface area contributed by atoms with Crippen LogP contribution in [0, 0.1) is 0 Å². The summed E-state index contributed by atoms with van der Waals surface area (Å²) in [6.07, 6.45) is -0.585. The molecule has 1 atom stereocenters. The Labute approximate surface area is 150 Å². The van der Waals surface area contributed by atoms with E-state index in [0.717, 1.165) is 43.8 Å². The van der Waals surface area contributed by atoms with Crippen molar-refractivity contribution in [1.29, 1.82) is 0 Å². The highest BCUT2D eigenvalue weighted by atomic mass is 19.4. The number of hydrogen-bond acceptors (Lipinski definition) is 2. The van der Waals surface area contributed by atoms with Crippen molar-refractivity contribution in [3.8, 4) is 0 Å². The Kier molecular flexibility index (Phi) is 5.66. The third-order valence-corrected chi connectivity index (χ3v) is 4.75. The Hall–Kier alpha value is -2.28. The number of likely N-dealkylation sites (tertiary alicyclic amines) is 1. The van der Waals surface area contributed by atoms with Gasteiger partial charge in [0.05, 0.1) is 37.9 Å². The number of furan rings is 1. The fourth-order valence-electron chi connectivity index (χ4n) is 3.43. The third kappa shape index (κ3) is 4.66. The molecule has 3 rings (SSSR count). The summed E-state index contributed by atoms with van der Waals surface area (Å²) in [4.78, 5) is 13.6. The average molecular weight is 367 g/mol. The second-order valence-corrected chi connectivity index (χ2v) is 6.61. The molecular weight excluding hydrogens is 345 g/mol. The van der Waals surface area contributed by atoms with Crippen molar-refractivity contribution in [2.75, 3.05) is 19.6 Å². The molecule has 1 amide bonds. The molecule has 1 saturated heterocycles. The van der Waals surface area contributed by atoms with Gasteiger partial charge in [-0.05, 0) is 23.8 Å². The molecule has 26 heavy (non-hydrogen) atoms. The standard InChI is InChI=1S/C19H21F3N2O2/c20-19(21,22)15-6-3-5-14(11-15)12-18(25)23-13-16(17-7-4-10-26-17)24-8-1-2-9-24/h3-7,10-11,16H,1-2,8-9,12-13H2,(H,23,25)/p+1/t16-/m1/s1. The highest BCUT2D eigenvalue weighted by Gasteiger charge is 2.31. The summed E-state index contributed by atoms with van der Waals surface area (Å²) < 4.78 is 43.8. The number of alkyl halides is 3. The number of amides is 1. The van der Waals surface area contributed by atoms with E-state index in [2.05, 4.69) is 5.32 Å². The molecule has 1 aliphatic heterocycles. The van der Waals surface area contributed by atoms with Crippen molar-refractivity contribution in [3.05, 3.63) is 59.5 Å². The molecule has 140 valence electrons. The van der Waals surface area contributed by atoms with Gasteiger partial charge in [-0.2, -0.15) is 13.2 Å². The van der Waals surface area contributed by atoms with Gasteiger partial charge in [0.25, 0.3) is 0 Å². The predicted molar refractivity (Wildman–Crippen MR) is 89.5 cm³/mol. The molecular formula is C19H22F3N2O2+. The summed E-state index contributed by atoms with van der Waals surface area (Å²) in [6, 6.07) is 8.63. The van der Waals surface area contributed by atoms with Gasteiger partial charge < -0.3 is 14.6 Å². The number of carbonyl (C=O) groups excluding carboxylic acids is 1. The second-order valence-electron chi connectivity index (χ2n) is 6.61. The maximum absolute atomic E-state index is 12.8. The highest BCUT2D eigenvalue weighted by Crippen LogP contribution is 2.29. The van der Waals surface area contributed by atoms with Gasteiger partial charge in [-0.1, -0.05) is 18.2 Å². The molecule has 2 N–H and O–H groups in total. The van der Waals surface area contributed by atoms with E-state index in [1.54, 1.807) is 6.26 Å². The van der Waals surface area contributed by atoms with Crippen molar-refractivity contribution in [2.24, 2.45) is 0 Å². The molecule has 1 aliphatic rings. The molecule has 4 nitrogen and oxygen atoms in total. The van der Waals surface area contributed by atoms with Gasteiger partial charge in [0, 0.05) is 12.8 Å². The monoisotopic (exact) mass is 367 g/mol. The molecule has 1 aromatic heterocycles. The van der Waals surface area contributed by atoms with E-state index >= 15 is 0 Å². The van der Waals surface area contributed by atoms with Crippen LogP contribution in [0.1, 0.15) is 35.8 Å². The second kappa shape index (κ2) is 7.95. The molecule has 7 heteroatoms. The van der Waals surface area contributed by atoms with Crippen molar-refractivity contribution in [3.63, 3.8) is 0 Å². The minimum atomic E-state index is -4.41. The quantitative estimate of drug-likeness (QED) is 0.824. The summed E-state index contributed by atoms with van der Waals surface area (Å²) >= 11 is 0. The van der Waals surface area contributed by atoms with Crippen LogP contribution in [-0.4, -0.2) is 25.5 Å². The lowest BCUT2D eigenvalue weighted by molar-refractivity contribution is -0.919. The number of benzene rings is 1. The lowest BCUT2D eigenvalue weighted by atomic mass is 10.1. The van der Waals surface area contributed by atoms with Crippen molar-refractivity contribution < 1.29 is 27.3 Å². The summed E-state index contributed by atoms with van der Waals surface area (Å²) in [5.41, 5.74) is -0.391. The fourth-order valence-corrected chi connectivity index (χ4v) is 3.43. The van der Waals surface area contributed by atoms with Crippen LogP contribution in [-0.2, 0) is 17.4 Å². The Morgan fingerprint density at radius 3 is 2.62 bits per heavy atom. The molecule has 0 unspecified atom stereocenters. The maximum atomic E-state index is 12.8. The fraction of sp³-hybridized carbons (Fsp3) is 0.421. The summed E-state index contributed by atoms with van der Waals surface area (Å²) in [5, 5.41) is 2.85. The molecule has 2 heterocycles. The van der Waals surface area contributed by atoms with E-state index in [4.69, 9.17) is 4.42 Å². The van der Waals surface area contributed by atoms with E-state index in [-0.39, 0.29) is 18.4 Å². The predicted octanol–water partition coefficient (Wildman–Crippen LogP) is 2.38. The summed E-state index contributed by atoms with van der Waals surface area (Å²) in [6.45, 7) is 2.45. The van der Waals surface area contributed by atoms with Gasteiger partial charge in [0.15, 0.2) is 11.8 Å². The third-order valence-electron chi connectivity index (χ3n) is 4.75. The van der Waals surface area contributed by atoms with Gasteiger partial charge in [-0.15, -0.1) is 0 Å². The SMILES string of the molecule is O=C(Cc1cccc(C(F)(F)F)c1)NC[C@H](c1ccco1)[NH+]1CCCC1. The number of carbonyl (C=O) groups is 1. The van der Waals surface area contributed by atoms with Crippen LogP contribution in [0.25, 0.3) is 0 Å². The van der Waals surface area contributed by atoms with E-state index in [0.29, 0.717) is 12.1 Å². The smallest absolute Gasteiger partial charge is 0.416 e. The van der Waals surface area contributed by atoms with Gasteiger partial charge in [-0.3, -0.25) is 4.79 Å². The van der Waals surface area contributed by atoms with Crippen molar-refractivity contribution in [1.82, 2.24) is 5.32 Å². The van der Waals surface area contributed by atoms with Crippen LogP contribution in [0.2, 0.25) is 0 Å². The number of nitrogens with one attached hydrogen (secondary N) is 2. The Balaban J connectivity index is 1.60. The normalized spacial score (nSPS) is 16.6. The molecule has 0 spiro atoms. The largest absolute Gasteiger partial charge is 0.463 e. The lowest BCUT2D eigenvalue weighted by Crippen LogP contribution is -3.11. The van der Waals surface area contributed by atoms with E-state index < -0.39 is 11.7 Å². The first-order valence-electron chi connectivity index (χ1n) is 8.74. The molecule has 1 fully saturated rings. The first-order valence-corrected chi connectivity index (χ1v) is 8.74. The van der Waals surface area contributed by atoms with Crippen LogP contribution < -0.4 is 10.2 Å². The zero-order valence-corrected chi connectivity index (χ0v) is 14.3. The van der Waals surface area contributed by atoms with Crippen LogP contribution in [0.15, 0.2) is 47.1 Å². The molecule has 0 saturated carbocycles. The molecule has 0 aliphatic carbocycles. The highest BCUT2D eigenvalue weighted by molar-refractivity contribution is 5.78. The van der Waals surface area contributed by atoms with E-state index in [9.17, 15) is 18.0 Å². The average Bonchev–Trinajstić information content (AvgIpc) is 3.28. The topological polar surface area (TPSA) is 46.7 Å².